The van der Waals surface area contributed by atoms with Gasteiger partial charge in [-0.25, -0.2) is 4.79 Å². The summed E-state index contributed by atoms with van der Waals surface area (Å²) in [5.74, 6) is 0. The average molecular weight is 502 g/mol. The Morgan fingerprint density at radius 1 is 0.686 bits per heavy atom. The minimum atomic E-state index is -0.568. The van der Waals surface area contributed by atoms with Crippen LogP contribution in [0.15, 0.2) is 0 Å². The van der Waals surface area contributed by atoms with Crippen LogP contribution in [0.5, 0.6) is 0 Å². The highest BCUT2D eigenvalue weighted by atomic mass is 16.6. The van der Waals surface area contributed by atoms with E-state index in [0.29, 0.717) is 39.3 Å². The molecule has 1 saturated heterocycles. The number of carbonyl (C=O) groups is 1. The zero-order chi connectivity index (χ0) is 27.9. The van der Waals surface area contributed by atoms with Crippen molar-refractivity contribution in [1.29, 1.82) is 0 Å². The zero-order valence-corrected chi connectivity index (χ0v) is 25.4. The smallest absolute Gasteiger partial charge is 0.410 e. The van der Waals surface area contributed by atoms with Gasteiger partial charge in [-0.2, -0.15) is 10.1 Å². The lowest BCUT2D eigenvalue weighted by Crippen LogP contribution is -2.48. The van der Waals surface area contributed by atoms with Crippen LogP contribution < -0.4 is 0 Å². The second kappa shape index (κ2) is 13.1. The summed E-state index contributed by atoms with van der Waals surface area (Å²) in [6, 6.07) is 0. The lowest BCUT2D eigenvalue weighted by Gasteiger charge is -2.41. The molecule has 0 atom stereocenters. The van der Waals surface area contributed by atoms with Gasteiger partial charge in [0.1, 0.15) is 5.60 Å². The highest BCUT2D eigenvalue weighted by Crippen LogP contribution is 2.36. The van der Waals surface area contributed by atoms with E-state index in [4.69, 9.17) is 4.74 Å². The third kappa shape index (κ3) is 15.1. The fourth-order valence-corrected chi connectivity index (χ4v) is 5.12. The standard InChI is InChI=1S/C26H53N3O4.C2H6/c1-22(2,3)33-21(30)27-17-23(4,5)12-14-28(31)19-25(8,9)16-26(10,11)20-29(32)15-13-24(6,7)18-27;1-2/h31-32H,12-20H2,1-11H3;1-2H3. The van der Waals surface area contributed by atoms with E-state index >= 15 is 0 Å². The SMILES string of the molecule is CC.CC1(C)CCN(O)CC(C)(C)CC(C)(C)CN(O)CCC(C)(C)CN(C(=O)OC(C)(C)C)C1. The number of carbonyl (C=O) groups excluding carboxylic acids is 1. The summed E-state index contributed by atoms with van der Waals surface area (Å²) >= 11 is 0. The second-order valence-corrected chi connectivity index (χ2v) is 14.4. The van der Waals surface area contributed by atoms with Crippen LogP contribution in [-0.4, -0.2) is 76.4 Å². The minimum Gasteiger partial charge on any atom is -0.444 e. The Labute approximate surface area is 217 Å². The fourth-order valence-electron chi connectivity index (χ4n) is 5.12. The summed E-state index contributed by atoms with van der Waals surface area (Å²) < 4.78 is 5.73. The first-order valence-electron chi connectivity index (χ1n) is 13.5. The van der Waals surface area contributed by atoms with E-state index in [9.17, 15) is 15.2 Å². The van der Waals surface area contributed by atoms with Crippen molar-refractivity contribution < 1.29 is 19.9 Å². The number of hydroxylamine groups is 4. The van der Waals surface area contributed by atoms with Crippen molar-refractivity contribution in [1.82, 2.24) is 15.0 Å². The molecule has 1 aliphatic heterocycles. The third-order valence-electron chi connectivity index (χ3n) is 6.16. The third-order valence-corrected chi connectivity index (χ3v) is 6.16. The van der Waals surface area contributed by atoms with E-state index in [1.165, 1.54) is 10.1 Å². The molecule has 0 radical (unpaired) electrons. The highest BCUT2D eigenvalue weighted by Gasteiger charge is 2.35. The average Bonchev–Trinajstić information content (AvgIpc) is 2.62. The number of hydrogen-bond donors (Lipinski definition) is 2. The molecular weight excluding hydrogens is 442 g/mol. The van der Waals surface area contributed by atoms with Gasteiger partial charge in [0.25, 0.3) is 0 Å². The summed E-state index contributed by atoms with van der Waals surface area (Å²) in [6.45, 7) is 30.1. The topological polar surface area (TPSA) is 76.5 Å². The number of rotatable bonds is 0. The summed E-state index contributed by atoms with van der Waals surface area (Å²) in [6.07, 6.45) is 2.09. The van der Waals surface area contributed by atoms with Gasteiger partial charge in [-0.05, 0) is 61.7 Å². The zero-order valence-electron chi connectivity index (χ0n) is 25.4. The normalized spacial score (nSPS) is 24.7. The molecule has 1 aliphatic rings. The molecule has 1 amide bonds. The summed E-state index contributed by atoms with van der Waals surface area (Å²) in [5.41, 5.74) is -1.18. The molecule has 0 aromatic rings. The molecule has 7 nitrogen and oxygen atoms in total. The first-order chi connectivity index (χ1) is 15.6. The Kier molecular flexibility index (Phi) is 12.7. The van der Waals surface area contributed by atoms with Gasteiger partial charge in [-0.1, -0.05) is 69.2 Å². The Balaban J connectivity index is 0.00000562. The van der Waals surface area contributed by atoms with E-state index in [1.54, 1.807) is 0 Å². The van der Waals surface area contributed by atoms with Crippen molar-refractivity contribution in [2.75, 3.05) is 39.3 Å². The molecule has 0 bridgehead atoms. The van der Waals surface area contributed by atoms with Crippen LogP contribution in [0.2, 0.25) is 0 Å². The van der Waals surface area contributed by atoms with Crippen LogP contribution in [0.25, 0.3) is 0 Å². The van der Waals surface area contributed by atoms with Gasteiger partial charge >= 0.3 is 6.09 Å². The maximum Gasteiger partial charge on any atom is 0.410 e. The van der Waals surface area contributed by atoms with E-state index in [1.807, 2.05) is 39.5 Å². The molecule has 1 heterocycles. The van der Waals surface area contributed by atoms with Gasteiger partial charge < -0.3 is 20.1 Å². The largest absolute Gasteiger partial charge is 0.444 e. The van der Waals surface area contributed by atoms with Crippen LogP contribution in [0.1, 0.15) is 109 Å². The molecular formula is C28H59N3O4. The molecule has 1 fully saturated rings. The number of amides is 1. The Morgan fingerprint density at radius 2 is 1.03 bits per heavy atom. The van der Waals surface area contributed by atoms with Crippen molar-refractivity contribution in [3.8, 4) is 0 Å². The van der Waals surface area contributed by atoms with Crippen LogP contribution in [0, 0.1) is 21.7 Å². The van der Waals surface area contributed by atoms with Crippen molar-refractivity contribution in [2.45, 2.75) is 115 Å². The second-order valence-electron chi connectivity index (χ2n) is 14.4. The van der Waals surface area contributed by atoms with Gasteiger partial charge in [0.15, 0.2) is 0 Å². The summed E-state index contributed by atoms with van der Waals surface area (Å²) in [4.78, 5) is 14.9. The van der Waals surface area contributed by atoms with Crippen molar-refractivity contribution >= 4 is 6.09 Å². The maximum atomic E-state index is 13.1. The van der Waals surface area contributed by atoms with E-state index in [-0.39, 0.29) is 27.8 Å². The molecule has 0 saturated carbocycles. The van der Waals surface area contributed by atoms with E-state index < -0.39 is 5.60 Å². The monoisotopic (exact) mass is 501 g/mol. The molecule has 7 heteroatoms. The molecule has 0 aromatic carbocycles. The van der Waals surface area contributed by atoms with Gasteiger partial charge in [0.2, 0.25) is 0 Å². The lowest BCUT2D eigenvalue weighted by atomic mass is 9.74. The maximum absolute atomic E-state index is 13.1. The summed E-state index contributed by atoms with van der Waals surface area (Å²) in [7, 11) is 0. The number of nitrogens with zero attached hydrogens (tertiary/aromatic N) is 3. The van der Waals surface area contributed by atoms with Crippen LogP contribution in [0.3, 0.4) is 0 Å². The van der Waals surface area contributed by atoms with Crippen LogP contribution in [-0.2, 0) is 4.74 Å². The molecule has 35 heavy (non-hydrogen) atoms. The lowest BCUT2D eigenvalue weighted by molar-refractivity contribution is -0.138. The molecule has 0 spiro atoms. The number of ether oxygens (including phenoxy) is 1. The van der Waals surface area contributed by atoms with E-state index in [2.05, 4.69) is 55.4 Å². The molecule has 0 aromatic heterocycles. The van der Waals surface area contributed by atoms with Crippen molar-refractivity contribution in [3.05, 3.63) is 0 Å². The predicted molar refractivity (Wildman–Crippen MR) is 145 cm³/mol. The van der Waals surface area contributed by atoms with Crippen LogP contribution in [0.4, 0.5) is 4.79 Å². The minimum absolute atomic E-state index is 0.109. The van der Waals surface area contributed by atoms with Crippen molar-refractivity contribution in [2.24, 2.45) is 21.7 Å². The van der Waals surface area contributed by atoms with Gasteiger partial charge in [-0.15, -0.1) is 0 Å². The molecule has 210 valence electrons. The number of hydrogen-bond acceptors (Lipinski definition) is 6. The van der Waals surface area contributed by atoms with Gasteiger partial charge in [0, 0.05) is 39.3 Å². The van der Waals surface area contributed by atoms with Crippen molar-refractivity contribution in [3.63, 3.8) is 0 Å². The quantitative estimate of drug-likeness (QED) is 0.375. The fraction of sp³-hybridized carbons (Fsp3) is 0.964. The van der Waals surface area contributed by atoms with Gasteiger partial charge in [0.05, 0.1) is 0 Å². The van der Waals surface area contributed by atoms with Gasteiger partial charge in [-0.3, -0.25) is 0 Å². The predicted octanol–water partition coefficient (Wildman–Crippen LogP) is 6.92. The highest BCUT2D eigenvalue weighted by molar-refractivity contribution is 5.68. The Morgan fingerprint density at radius 3 is 1.34 bits per heavy atom. The molecule has 2 N–H and O–H groups in total. The van der Waals surface area contributed by atoms with Crippen LogP contribution >= 0.6 is 0 Å². The first kappa shape index (κ1) is 34.1. The molecule has 0 unspecified atom stereocenters. The molecule has 1 rings (SSSR count). The first-order valence-corrected chi connectivity index (χ1v) is 13.5. The summed E-state index contributed by atoms with van der Waals surface area (Å²) in [5, 5.41) is 24.2. The Hall–Kier alpha value is -0.890. The Bertz CT molecular complexity index is 599. The molecule has 0 aliphatic carbocycles. The van der Waals surface area contributed by atoms with E-state index in [0.717, 1.165) is 19.3 Å².